The van der Waals surface area contributed by atoms with E-state index in [1.54, 1.807) is 18.2 Å². The van der Waals surface area contributed by atoms with Gasteiger partial charge in [-0.2, -0.15) is 0 Å². The van der Waals surface area contributed by atoms with Gasteiger partial charge in [0.15, 0.2) is 11.8 Å². The average Bonchev–Trinajstić information content (AvgIpc) is 3.54. The normalized spacial score (nSPS) is 13.3. The number of hydrogen-bond acceptors (Lipinski definition) is 6. The number of imidazole rings is 2. The molecule has 3 aromatic heterocycles. The van der Waals surface area contributed by atoms with Gasteiger partial charge in [-0.25, -0.2) is 14.4 Å². The van der Waals surface area contributed by atoms with Gasteiger partial charge in [-0.1, -0.05) is 0 Å². The van der Waals surface area contributed by atoms with E-state index >= 15 is 0 Å². The van der Waals surface area contributed by atoms with Crippen LogP contribution in [0.4, 0.5) is 4.39 Å². The van der Waals surface area contributed by atoms with Gasteiger partial charge >= 0.3 is 0 Å². The Balaban J connectivity index is 1.22. The van der Waals surface area contributed by atoms with Crippen LogP contribution in [0.5, 0.6) is 17.5 Å². The second kappa shape index (κ2) is 8.84. The molecule has 1 aliphatic carbocycles. The smallest absolute Gasteiger partial charge is 0.197 e. The van der Waals surface area contributed by atoms with E-state index in [0.717, 1.165) is 47.8 Å². The van der Waals surface area contributed by atoms with E-state index < -0.39 is 5.82 Å². The number of benzene rings is 2. The maximum absolute atomic E-state index is 14.4. The predicted octanol–water partition coefficient (Wildman–Crippen LogP) is 3.62. The van der Waals surface area contributed by atoms with Crippen LogP contribution in [0.15, 0.2) is 30.3 Å². The molecule has 190 valence electrons. The molecule has 0 aliphatic heterocycles. The summed E-state index contributed by atoms with van der Waals surface area (Å²) in [6.45, 7) is 0.318. The Bertz CT molecular complexity index is 1640. The summed E-state index contributed by atoms with van der Waals surface area (Å²) < 4.78 is 21.7. The minimum Gasteiger partial charge on any atom is -0.494 e. The fraction of sp³-hybridized carbons (Fsp3) is 0.269. The van der Waals surface area contributed by atoms with E-state index in [1.807, 2.05) is 0 Å². The van der Waals surface area contributed by atoms with Gasteiger partial charge in [-0.3, -0.25) is 9.98 Å². The number of amidine groups is 1. The highest BCUT2D eigenvalue weighted by molar-refractivity contribution is 5.97. The molecule has 0 atom stereocenters. The van der Waals surface area contributed by atoms with Crippen molar-refractivity contribution in [2.75, 3.05) is 6.61 Å². The molecule has 0 bridgehead atoms. The van der Waals surface area contributed by atoms with Crippen molar-refractivity contribution in [2.45, 2.75) is 38.6 Å². The molecule has 11 heteroatoms. The van der Waals surface area contributed by atoms with Crippen molar-refractivity contribution in [1.82, 2.24) is 24.5 Å². The summed E-state index contributed by atoms with van der Waals surface area (Å²) in [6, 6.07) is 7.94. The Morgan fingerprint density at radius 1 is 1.03 bits per heavy atom. The number of ether oxygens (including phenoxy) is 1. The third-order valence-corrected chi connectivity index (χ3v) is 6.83. The second-order valence-corrected chi connectivity index (χ2v) is 9.30. The van der Waals surface area contributed by atoms with Crippen molar-refractivity contribution in [1.29, 1.82) is 5.41 Å². The standard InChI is InChI=1S/C26H26FN7O3/c27-14-10-19-23(20(11-14)37-8-7-34-25(35)15-3-1-2-4-16(15)26(34)36)33-22(32-19)12-21-30-17-6-5-13(24(28)29)9-18(17)31-21/h5-6,9-11,35-36H,1-4,7-8,12H2,(H3,28,29)(H,30,31)(H,32,33). The first-order valence-electron chi connectivity index (χ1n) is 12.1. The molecule has 37 heavy (non-hydrogen) atoms. The Labute approximate surface area is 210 Å². The first-order valence-corrected chi connectivity index (χ1v) is 12.1. The maximum atomic E-state index is 14.4. The van der Waals surface area contributed by atoms with Crippen molar-refractivity contribution in [3.63, 3.8) is 0 Å². The van der Waals surface area contributed by atoms with Crippen molar-refractivity contribution in [3.05, 3.63) is 64.5 Å². The molecule has 0 radical (unpaired) electrons. The molecule has 0 amide bonds. The number of halogens is 1. The van der Waals surface area contributed by atoms with Crippen LogP contribution in [0.1, 0.15) is 41.2 Å². The largest absolute Gasteiger partial charge is 0.494 e. The number of aromatic nitrogens is 5. The van der Waals surface area contributed by atoms with Gasteiger partial charge in [0, 0.05) is 22.8 Å². The lowest BCUT2D eigenvalue weighted by atomic mass is 9.95. The topological polar surface area (TPSA) is 162 Å². The molecule has 0 spiro atoms. The monoisotopic (exact) mass is 503 g/mol. The van der Waals surface area contributed by atoms with Crippen molar-refractivity contribution >= 4 is 27.9 Å². The minimum atomic E-state index is -0.472. The maximum Gasteiger partial charge on any atom is 0.197 e. The Hall–Kier alpha value is -4.54. The van der Waals surface area contributed by atoms with Crippen LogP contribution in [0.3, 0.4) is 0 Å². The summed E-state index contributed by atoms with van der Waals surface area (Å²) in [6.07, 6.45) is 3.79. The van der Waals surface area contributed by atoms with Crippen LogP contribution < -0.4 is 10.5 Å². The van der Waals surface area contributed by atoms with E-state index in [2.05, 4.69) is 19.9 Å². The van der Waals surface area contributed by atoms with E-state index in [1.165, 1.54) is 16.7 Å². The molecule has 2 aromatic carbocycles. The number of nitrogens with zero attached hydrogens (tertiary/aromatic N) is 3. The first-order chi connectivity index (χ1) is 17.9. The summed E-state index contributed by atoms with van der Waals surface area (Å²) in [5.41, 5.74) is 10.2. The number of hydrogen-bond donors (Lipinski definition) is 6. The second-order valence-electron chi connectivity index (χ2n) is 9.30. The summed E-state index contributed by atoms with van der Waals surface area (Å²) in [5.74, 6) is 1.15. The van der Waals surface area contributed by atoms with Gasteiger partial charge in [0.1, 0.15) is 41.2 Å². The highest BCUT2D eigenvalue weighted by atomic mass is 19.1. The molecule has 0 unspecified atom stereocenters. The van der Waals surface area contributed by atoms with E-state index in [9.17, 15) is 14.6 Å². The first kappa shape index (κ1) is 22.9. The number of aromatic amines is 2. The lowest BCUT2D eigenvalue weighted by Gasteiger charge is -2.10. The summed E-state index contributed by atoms with van der Waals surface area (Å²) >= 11 is 0. The van der Waals surface area contributed by atoms with Gasteiger partial charge in [0.05, 0.1) is 29.5 Å². The van der Waals surface area contributed by atoms with Crippen molar-refractivity contribution in [3.8, 4) is 17.5 Å². The Kier molecular flexibility index (Phi) is 5.47. The summed E-state index contributed by atoms with van der Waals surface area (Å²) in [5, 5.41) is 28.7. The molecular formula is C26H26FN7O3. The number of H-pyrrole nitrogens is 2. The highest BCUT2D eigenvalue weighted by Crippen LogP contribution is 2.38. The minimum absolute atomic E-state index is 0.0216. The Morgan fingerprint density at radius 2 is 1.73 bits per heavy atom. The zero-order valence-electron chi connectivity index (χ0n) is 19.9. The van der Waals surface area contributed by atoms with Crippen LogP contribution in [-0.4, -0.2) is 47.2 Å². The summed E-state index contributed by atoms with van der Waals surface area (Å²) in [7, 11) is 0. The number of nitrogens with one attached hydrogen (secondary N) is 3. The molecule has 0 saturated carbocycles. The van der Waals surface area contributed by atoms with E-state index in [0.29, 0.717) is 34.7 Å². The molecule has 3 heterocycles. The predicted molar refractivity (Wildman–Crippen MR) is 136 cm³/mol. The van der Waals surface area contributed by atoms with Gasteiger partial charge in [0.25, 0.3) is 0 Å². The van der Waals surface area contributed by atoms with Crippen molar-refractivity contribution in [2.24, 2.45) is 5.73 Å². The molecule has 7 N–H and O–H groups in total. The number of rotatable bonds is 7. The van der Waals surface area contributed by atoms with Gasteiger partial charge in [0.2, 0.25) is 0 Å². The number of nitrogen functional groups attached to an aromatic ring is 1. The highest BCUT2D eigenvalue weighted by Gasteiger charge is 2.24. The zero-order chi connectivity index (χ0) is 25.7. The quantitative estimate of drug-likeness (QED) is 0.147. The molecular weight excluding hydrogens is 477 g/mol. The third kappa shape index (κ3) is 4.11. The van der Waals surface area contributed by atoms with Crippen LogP contribution in [0.25, 0.3) is 22.1 Å². The zero-order valence-corrected chi connectivity index (χ0v) is 19.9. The fourth-order valence-corrected chi connectivity index (χ4v) is 5.05. The Morgan fingerprint density at radius 3 is 2.46 bits per heavy atom. The molecule has 0 fully saturated rings. The summed E-state index contributed by atoms with van der Waals surface area (Å²) in [4.78, 5) is 15.5. The SMILES string of the molecule is N=C(N)c1ccc2nc(Cc3nc4c(OCCn5c(O)c6c(c5O)CCCC6)cc(F)cc4[nH]3)[nH]c2c1. The van der Waals surface area contributed by atoms with E-state index in [4.69, 9.17) is 15.9 Å². The van der Waals surface area contributed by atoms with Gasteiger partial charge < -0.3 is 30.7 Å². The fourth-order valence-electron chi connectivity index (χ4n) is 5.05. The van der Waals surface area contributed by atoms with Crippen molar-refractivity contribution < 1.29 is 19.3 Å². The number of fused-ring (bicyclic) bond motifs is 3. The van der Waals surface area contributed by atoms with Crippen LogP contribution in [0, 0.1) is 11.2 Å². The lowest BCUT2D eigenvalue weighted by Crippen LogP contribution is -2.10. The molecule has 10 nitrogen and oxygen atoms in total. The number of aromatic hydroxyl groups is 2. The molecule has 0 saturated heterocycles. The molecule has 1 aliphatic rings. The van der Waals surface area contributed by atoms with Crippen LogP contribution in [-0.2, 0) is 25.8 Å². The number of nitrogens with two attached hydrogens (primary N) is 1. The van der Waals surface area contributed by atoms with E-state index in [-0.39, 0.29) is 36.5 Å². The molecule has 5 aromatic rings. The van der Waals surface area contributed by atoms with Gasteiger partial charge in [-0.05, 0) is 49.9 Å². The third-order valence-electron chi connectivity index (χ3n) is 6.83. The lowest BCUT2D eigenvalue weighted by molar-refractivity contribution is 0.275. The average molecular weight is 504 g/mol. The van der Waals surface area contributed by atoms with Gasteiger partial charge in [-0.15, -0.1) is 0 Å². The van der Waals surface area contributed by atoms with Crippen LogP contribution >= 0.6 is 0 Å². The van der Waals surface area contributed by atoms with Crippen LogP contribution in [0.2, 0.25) is 0 Å². The molecule has 6 rings (SSSR count).